The van der Waals surface area contributed by atoms with E-state index < -0.39 is 30.6 Å². The smallest absolute Gasteiger partial charge is 0.417 e. The van der Waals surface area contributed by atoms with Crippen LogP contribution >= 0.6 is 0 Å². The second-order valence-electron chi connectivity index (χ2n) is 6.76. The number of nitrogens with zero attached hydrogens (tertiary/aromatic N) is 1. The molecule has 0 aliphatic carbocycles. The monoisotopic (exact) mass is 395 g/mol. The first kappa shape index (κ1) is 20.3. The SMILES string of the molecule is Cc1ccc(C(=O)COC(=O)[C@H]2CCC(=O)N2C(=O)OCc2ccccc2)cc1. The van der Waals surface area contributed by atoms with E-state index in [2.05, 4.69) is 0 Å². The average Bonchev–Trinajstić information content (AvgIpc) is 3.13. The Bertz CT molecular complexity index is 907. The number of likely N-dealkylation sites (tertiary alicyclic amines) is 1. The molecule has 1 atom stereocenters. The molecule has 1 fully saturated rings. The standard InChI is InChI=1S/C22H21NO6/c1-15-7-9-17(10-8-15)19(24)14-28-21(26)18-11-12-20(25)23(18)22(27)29-13-16-5-3-2-4-6-16/h2-10,18H,11-14H2,1H3/t18-/m1/s1. The largest absolute Gasteiger partial charge is 0.456 e. The van der Waals surface area contributed by atoms with Crippen molar-refractivity contribution in [1.29, 1.82) is 0 Å². The van der Waals surface area contributed by atoms with E-state index in [1.165, 1.54) is 0 Å². The summed E-state index contributed by atoms with van der Waals surface area (Å²) in [5.74, 6) is -1.66. The van der Waals surface area contributed by atoms with Gasteiger partial charge in [-0.05, 0) is 18.9 Å². The first-order valence-corrected chi connectivity index (χ1v) is 9.25. The average molecular weight is 395 g/mol. The number of Topliss-reactive ketones (excluding diaryl/α,β-unsaturated/α-hetero) is 1. The molecule has 0 saturated carbocycles. The lowest BCUT2D eigenvalue weighted by Crippen LogP contribution is -2.44. The third-order valence-corrected chi connectivity index (χ3v) is 4.60. The number of imide groups is 1. The van der Waals surface area contributed by atoms with Gasteiger partial charge in [0.15, 0.2) is 12.4 Å². The Morgan fingerprint density at radius 2 is 1.69 bits per heavy atom. The van der Waals surface area contributed by atoms with Crippen molar-refractivity contribution in [2.24, 2.45) is 0 Å². The van der Waals surface area contributed by atoms with E-state index in [1.54, 1.807) is 48.5 Å². The van der Waals surface area contributed by atoms with Gasteiger partial charge in [0, 0.05) is 12.0 Å². The minimum absolute atomic E-state index is 0.0167. The summed E-state index contributed by atoms with van der Waals surface area (Å²) in [6.07, 6.45) is -0.730. The van der Waals surface area contributed by atoms with Gasteiger partial charge >= 0.3 is 12.1 Å². The van der Waals surface area contributed by atoms with Crippen LogP contribution in [0.15, 0.2) is 54.6 Å². The molecule has 7 heteroatoms. The van der Waals surface area contributed by atoms with E-state index in [-0.39, 0.29) is 25.2 Å². The number of hydrogen-bond donors (Lipinski definition) is 0. The number of ether oxygens (including phenoxy) is 2. The normalized spacial score (nSPS) is 15.8. The predicted molar refractivity (Wildman–Crippen MR) is 103 cm³/mol. The fourth-order valence-corrected chi connectivity index (χ4v) is 2.98. The van der Waals surface area contributed by atoms with Gasteiger partial charge in [-0.15, -0.1) is 0 Å². The molecule has 1 saturated heterocycles. The Morgan fingerprint density at radius 1 is 1.00 bits per heavy atom. The number of esters is 1. The highest BCUT2D eigenvalue weighted by atomic mass is 16.6. The van der Waals surface area contributed by atoms with Gasteiger partial charge in [-0.3, -0.25) is 9.59 Å². The van der Waals surface area contributed by atoms with Crippen LogP contribution in [0.5, 0.6) is 0 Å². The number of amides is 2. The van der Waals surface area contributed by atoms with Gasteiger partial charge in [-0.2, -0.15) is 0 Å². The zero-order chi connectivity index (χ0) is 20.8. The highest BCUT2D eigenvalue weighted by molar-refractivity contribution is 6.01. The zero-order valence-electron chi connectivity index (χ0n) is 16.0. The molecule has 0 N–H and O–H groups in total. The summed E-state index contributed by atoms with van der Waals surface area (Å²) in [6.45, 7) is 1.42. The fraction of sp³-hybridized carbons (Fsp3) is 0.273. The number of ketones is 1. The van der Waals surface area contributed by atoms with Gasteiger partial charge in [0.25, 0.3) is 0 Å². The molecular weight excluding hydrogens is 374 g/mol. The summed E-state index contributed by atoms with van der Waals surface area (Å²) in [7, 11) is 0. The number of carbonyl (C=O) groups excluding carboxylic acids is 4. The number of aryl methyl sites for hydroxylation is 1. The summed E-state index contributed by atoms with van der Waals surface area (Å²) in [6, 6.07) is 14.8. The molecule has 2 aromatic carbocycles. The van der Waals surface area contributed by atoms with E-state index in [4.69, 9.17) is 9.47 Å². The lowest BCUT2D eigenvalue weighted by Gasteiger charge is -2.21. The van der Waals surface area contributed by atoms with Crippen molar-refractivity contribution in [2.75, 3.05) is 6.61 Å². The lowest BCUT2D eigenvalue weighted by atomic mass is 10.1. The Labute approximate surface area is 168 Å². The first-order valence-electron chi connectivity index (χ1n) is 9.25. The third-order valence-electron chi connectivity index (χ3n) is 4.60. The van der Waals surface area contributed by atoms with Crippen molar-refractivity contribution < 1.29 is 28.7 Å². The predicted octanol–water partition coefficient (Wildman–Crippen LogP) is 3.05. The van der Waals surface area contributed by atoms with Crippen LogP contribution in [0.2, 0.25) is 0 Å². The Kier molecular flexibility index (Phi) is 6.39. The van der Waals surface area contributed by atoms with Crippen LogP contribution in [0, 0.1) is 6.92 Å². The third kappa shape index (κ3) is 5.07. The van der Waals surface area contributed by atoms with Crippen LogP contribution in [0.25, 0.3) is 0 Å². The van der Waals surface area contributed by atoms with Gasteiger partial charge in [0.05, 0.1) is 0 Å². The number of rotatable bonds is 6. The molecule has 0 unspecified atom stereocenters. The fourth-order valence-electron chi connectivity index (χ4n) is 2.98. The summed E-state index contributed by atoms with van der Waals surface area (Å²) < 4.78 is 10.2. The topological polar surface area (TPSA) is 90.0 Å². The molecule has 7 nitrogen and oxygen atoms in total. The van der Waals surface area contributed by atoms with Crippen LogP contribution < -0.4 is 0 Å². The van der Waals surface area contributed by atoms with E-state index in [0.29, 0.717) is 5.56 Å². The van der Waals surface area contributed by atoms with Crippen LogP contribution in [-0.4, -0.2) is 41.3 Å². The Morgan fingerprint density at radius 3 is 2.38 bits per heavy atom. The van der Waals surface area contributed by atoms with Crippen LogP contribution in [0.4, 0.5) is 4.79 Å². The molecule has 3 rings (SSSR count). The maximum atomic E-state index is 12.4. The minimum Gasteiger partial charge on any atom is -0.456 e. The Balaban J connectivity index is 1.57. The van der Waals surface area contributed by atoms with Gasteiger partial charge in [0.1, 0.15) is 12.6 Å². The molecule has 2 amide bonds. The molecule has 0 spiro atoms. The molecule has 0 aromatic heterocycles. The number of carbonyl (C=O) groups is 4. The first-order chi connectivity index (χ1) is 14.0. The van der Waals surface area contributed by atoms with Gasteiger partial charge < -0.3 is 9.47 Å². The lowest BCUT2D eigenvalue weighted by molar-refractivity contribution is -0.149. The van der Waals surface area contributed by atoms with Gasteiger partial charge in [-0.1, -0.05) is 60.2 Å². The van der Waals surface area contributed by atoms with Crippen molar-refractivity contribution in [3.63, 3.8) is 0 Å². The number of benzene rings is 2. The van der Waals surface area contributed by atoms with Crippen LogP contribution in [-0.2, 0) is 25.7 Å². The Hall–Kier alpha value is -3.48. The maximum absolute atomic E-state index is 12.4. The molecule has 29 heavy (non-hydrogen) atoms. The van der Waals surface area contributed by atoms with Crippen LogP contribution in [0.1, 0.15) is 34.3 Å². The molecule has 1 heterocycles. The van der Waals surface area contributed by atoms with Crippen molar-refractivity contribution in [2.45, 2.75) is 32.4 Å². The second-order valence-corrected chi connectivity index (χ2v) is 6.76. The van der Waals surface area contributed by atoms with Crippen molar-refractivity contribution >= 4 is 23.8 Å². The molecule has 0 bridgehead atoms. The zero-order valence-corrected chi connectivity index (χ0v) is 16.0. The van der Waals surface area contributed by atoms with Gasteiger partial charge in [0.2, 0.25) is 5.91 Å². The van der Waals surface area contributed by atoms with Crippen molar-refractivity contribution in [1.82, 2.24) is 4.90 Å². The highest BCUT2D eigenvalue weighted by Gasteiger charge is 2.42. The summed E-state index contributed by atoms with van der Waals surface area (Å²) in [4.78, 5) is 49.8. The van der Waals surface area contributed by atoms with E-state index in [9.17, 15) is 19.2 Å². The summed E-state index contributed by atoms with van der Waals surface area (Å²) in [5.41, 5.74) is 2.19. The summed E-state index contributed by atoms with van der Waals surface area (Å²) in [5, 5.41) is 0. The quantitative estimate of drug-likeness (QED) is 0.552. The van der Waals surface area contributed by atoms with Crippen molar-refractivity contribution in [3.05, 3.63) is 71.3 Å². The van der Waals surface area contributed by atoms with Crippen LogP contribution in [0.3, 0.4) is 0 Å². The van der Waals surface area contributed by atoms with Gasteiger partial charge in [-0.25, -0.2) is 14.5 Å². The van der Waals surface area contributed by atoms with E-state index in [1.807, 2.05) is 13.0 Å². The molecule has 1 aliphatic heterocycles. The highest BCUT2D eigenvalue weighted by Crippen LogP contribution is 2.21. The van der Waals surface area contributed by atoms with E-state index >= 15 is 0 Å². The molecular formula is C22H21NO6. The molecule has 2 aromatic rings. The van der Waals surface area contributed by atoms with E-state index in [0.717, 1.165) is 16.0 Å². The minimum atomic E-state index is -1.09. The molecule has 1 aliphatic rings. The van der Waals surface area contributed by atoms with Crippen molar-refractivity contribution in [3.8, 4) is 0 Å². The maximum Gasteiger partial charge on any atom is 0.417 e. The molecule has 0 radical (unpaired) electrons. The molecule has 150 valence electrons. The summed E-state index contributed by atoms with van der Waals surface area (Å²) >= 11 is 0. The second kappa shape index (κ2) is 9.14. The number of hydrogen-bond acceptors (Lipinski definition) is 6.